The Labute approximate surface area is 212 Å². The van der Waals surface area contributed by atoms with Crippen LogP contribution in [0.2, 0.25) is 0 Å². The Morgan fingerprint density at radius 2 is 1.58 bits per heavy atom. The molecular formula is C27H31N3O5S. The summed E-state index contributed by atoms with van der Waals surface area (Å²) in [5, 5.41) is 3.02. The van der Waals surface area contributed by atoms with E-state index >= 15 is 0 Å². The SMILES string of the molecule is COc1ccc([C@H](CNC(=O)c2ccc(S(=O)(=O)Nc3ccccc3OC)cc2)N2CCCC2)cc1. The van der Waals surface area contributed by atoms with Crippen LogP contribution < -0.4 is 19.5 Å². The van der Waals surface area contributed by atoms with Crippen molar-refractivity contribution in [2.75, 3.05) is 38.6 Å². The van der Waals surface area contributed by atoms with Gasteiger partial charge in [0.1, 0.15) is 11.5 Å². The Bertz CT molecular complexity index is 1270. The van der Waals surface area contributed by atoms with E-state index in [-0.39, 0.29) is 16.8 Å². The average molecular weight is 510 g/mol. The topological polar surface area (TPSA) is 97.0 Å². The molecule has 4 rings (SSSR count). The van der Waals surface area contributed by atoms with Crippen LogP contribution in [-0.4, -0.2) is 53.1 Å². The monoisotopic (exact) mass is 509 g/mol. The van der Waals surface area contributed by atoms with Crippen molar-refractivity contribution in [1.29, 1.82) is 0 Å². The van der Waals surface area contributed by atoms with Gasteiger partial charge >= 0.3 is 0 Å². The number of carbonyl (C=O) groups is 1. The molecule has 0 unspecified atom stereocenters. The minimum atomic E-state index is -3.85. The lowest BCUT2D eigenvalue weighted by atomic mass is 10.0. The van der Waals surface area contributed by atoms with Crippen molar-refractivity contribution in [3.8, 4) is 11.5 Å². The van der Waals surface area contributed by atoms with Gasteiger partial charge in [0.2, 0.25) is 0 Å². The zero-order valence-corrected chi connectivity index (χ0v) is 21.3. The van der Waals surface area contributed by atoms with Gasteiger partial charge in [-0.05, 0) is 80.0 Å². The quantitative estimate of drug-likeness (QED) is 0.428. The second kappa shape index (κ2) is 11.5. The highest BCUT2D eigenvalue weighted by Crippen LogP contribution is 2.27. The Balaban J connectivity index is 1.43. The third kappa shape index (κ3) is 5.98. The van der Waals surface area contributed by atoms with E-state index in [1.54, 1.807) is 31.4 Å². The molecule has 36 heavy (non-hydrogen) atoms. The first-order valence-corrected chi connectivity index (χ1v) is 13.3. The highest BCUT2D eigenvalue weighted by atomic mass is 32.2. The van der Waals surface area contributed by atoms with Crippen molar-refractivity contribution in [2.45, 2.75) is 23.8 Å². The molecule has 1 fully saturated rings. The van der Waals surface area contributed by atoms with Crippen molar-refractivity contribution in [3.05, 3.63) is 83.9 Å². The van der Waals surface area contributed by atoms with Gasteiger partial charge in [0.15, 0.2) is 0 Å². The number of ether oxygens (including phenoxy) is 2. The number of amides is 1. The van der Waals surface area contributed by atoms with E-state index in [1.807, 2.05) is 24.3 Å². The number of hydrogen-bond donors (Lipinski definition) is 2. The van der Waals surface area contributed by atoms with E-state index in [9.17, 15) is 13.2 Å². The standard InChI is InChI=1S/C27H31N3O5S/c1-34-22-13-9-20(10-14-22)25(30-17-5-6-18-30)19-28-27(31)21-11-15-23(16-12-21)36(32,33)29-24-7-3-4-8-26(24)35-2/h3-4,7-16,25,29H,5-6,17-19H2,1-2H3,(H,28,31)/t25-/m0/s1. The third-order valence-electron chi connectivity index (χ3n) is 6.32. The maximum Gasteiger partial charge on any atom is 0.262 e. The predicted octanol–water partition coefficient (Wildman–Crippen LogP) is 4.07. The minimum Gasteiger partial charge on any atom is -0.497 e. The number of nitrogens with zero attached hydrogens (tertiary/aromatic N) is 1. The number of likely N-dealkylation sites (tertiary alicyclic amines) is 1. The zero-order valence-electron chi connectivity index (χ0n) is 20.4. The predicted molar refractivity (Wildman–Crippen MR) is 139 cm³/mol. The lowest BCUT2D eigenvalue weighted by Crippen LogP contribution is -2.36. The van der Waals surface area contributed by atoms with Crippen LogP contribution in [0.5, 0.6) is 11.5 Å². The Morgan fingerprint density at radius 1 is 0.917 bits per heavy atom. The molecule has 0 spiro atoms. The molecule has 8 nitrogen and oxygen atoms in total. The molecule has 1 atom stereocenters. The lowest BCUT2D eigenvalue weighted by molar-refractivity contribution is 0.0937. The third-order valence-corrected chi connectivity index (χ3v) is 7.70. The van der Waals surface area contributed by atoms with E-state index in [0.717, 1.165) is 37.2 Å². The van der Waals surface area contributed by atoms with Crippen molar-refractivity contribution < 1.29 is 22.7 Å². The molecule has 1 amide bonds. The van der Waals surface area contributed by atoms with E-state index in [0.29, 0.717) is 23.5 Å². The maximum atomic E-state index is 12.9. The van der Waals surface area contributed by atoms with Gasteiger partial charge in [0.25, 0.3) is 15.9 Å². The number of sulfonamides is 1. The Hall–Kier alpha value is -3.56. The van der Waals surface area contributed by atoms with Crippen molar-refractivity contribution in [1.82, 2.24) is 10.2 Å². The van der Waals surface area contributed by atoms with Crippen LogP contribution in [0.15, 0.2) is 77.7 Å². The van der Waals surface area contributed by atoms with Crippen LogP contribution in [-0.2, 0) is 10.0 Å². The summed E-state index contributed by atoms with van der Waals surface area (Å²) in [5.74, 6) is 0.953. The molecule has 0 aliphatic carbocycles. The van der Waals surface area contributed by atoms with Gasteiger partial charge in [-0.3, -0.25) is 14.4 Å². The van der Waals surface area contributed by atoms with Crippen molar-refractivity contribution in [3.63, 3.8) is 0 Å². The molecule has 1 aliphatic rings. The number of para-hydroxylation sites is 2. The van der Waals surface area contributed by atoms with Gasteiger partial charge in [-0.25, -0.2) is 8.42 Å². The first kappa shape index (κ1) is 25.5. The van der Waals surface area contributed by atoms with Gasteiger partial charge in [0.05, 0.1) is 30.8 Å². The molecule has 9 heteroatoms. The smallest absolute Gasteiger partial charge is 0.262 e. The van der Waals surface area contributed by atoms with Crippen LogP contribution in [0.3, 0.4) is 0 Å². The summed E-state index contributed by atoms with van der Waals surface area (Å²) in [7, 11) is -0.733. The molecule has 1 saturated heterocycles. The number of methoxy groups -OCH3 is 2. The molecule has 190 valence electrons. The summed E-state index contributed by atoms with van der Waals surface area (Å²) in [6, 6.07) is 20.6. The number of hydrogen-bond acceptors (Lipinski definition) is 6. The fourth-order valence-corrected chi connectivity index (χ4v) is 5.42. The molecule has 2 N–H and O–H groups in total. The highest BCUT2D eigenvalue weighted by molar-refractivity contribution is 7.92. The molecular weight excluding hydrogens is 478 g/mol. The molecule has 3 aromatic rings. The van der Waals surface area contributed by atoms with Gasteiger partial charge in [-0.2, -0.15) is 0 Å². The minimum absolute atomic E-state index is 0.0482. The fraction of sp³-hybridized carbons (Fsp3) is 0.296. The normalized spacial score (nSPS) is 14.7. The molecule has 0 radical (unpaired) electrons. The molecule has 0 saturated carbocycles. The second-order valence-electron chi connectivity index (χ2n) is 8.57. The van der Waals surface area contributed by atoms with Gasteiger partial charge in [0, 0.05) is 12.1 Å². The first-order valence-electron chi connectivity index (χ1n) is 11.8. The fourth-order valence-electron chi connectivity index (χ4n) is 4.35. The summed E-state index contributed by atoms with van der Waals surface area (Å²) in [5.41, 5.74) is 1.84. The molecule has 0 bridgehead atoms. The number of benzene rings is 3. The zero-order chi connectivity index (χ0) is 25.5. The molecule has 3 aromatic carbocycles. The summed E-state index contributed by atoms with van der Waals surface area (Å²) < 4.78 is 38.7. The van der Waals surface area contributed by atoms with Crippen molar-refractivity contribution in [2.24, 2.45) is 0 Å². The number of anilines is 1. The number of nitrogens with one attached hydrogen (secondary N) is 2. The van der Waals surface area contributed by atoms with Gasteiger partial charge in [-0.15, -0.1) is 0 Å². The van der Waals surface area contributed by atoms with Crippen LogP contribution in [0.1, 0.15) is 34.8 Å². The van der Waals surface area contributed by atoms with Gasteiger partial charge in [-0.1, -0.05) is 24.3 Å². The Morgan fingerprint density at radius 3 is 2.22 bits per heavy atom. The van der Waals surface area contributed by atoms with Crippen LogP contribution in [0, 0.1) is 0 Å². The number of rotatable bonds is 10. The van der Waals surface area contributed by atoms with Crippen molar-refractivity contribution >= 4 is 21.6 Å². The lowest BCUT2D eigenvalue weighted by Gasteiger charge is -2.28. The van der Waals surface area contributed by atoms with E-state index in [1.165, 1.54) is 31.4 Å². The molecule has 0 aromatic heterocycles. The molecule has 1 aliphatic heterocycles. The average Bonchev–Trinajstić information content (AvgIpc) is 3.44. The first-order chi connectivity index (χ1) is 17.4. The van der Waals surface area contributed by atoms with Crippen LogP contribution in [0.4, 0.5) is 5.69 Å². The Kier molecular flexibility index (Phi) is 8.12. The molecule has 1 heterocycles. The van der Waals surface area contributed by atoms with Crippen LogP contribution >= 0.6 is 0 Å². The summed E-state index contributed by atoms with van der Waals surface area (Å²) >= 11 is 0. The van der Waals surface area contributed by atoms with E-state index in [2.05, 4.69) is 14.9 Å². The van der Waals surface area contributed by atoms with Crippen LogP contribution in [0.25, 0.3) is 0 Å². The second-order valence-corrected chi connectivity index (χ2v) is 10.3. The maximum absolute atomic E-state index is 12.9. The summed E-state index contributed by atoms with van der Waals surface area (Å²) in [6.45, 7) is 2.41. The summed E-state index contributed by atoms with van der Waals surface area (Å²) in [6.07, 6.45) is 2.28. The van der Waals surface area contributed by atoms with Gasteiger partial charge < -0.3 is 14.8 Å². The van der Waals surface area contributed by atoms with E-state index in [4.69, 9.17) is 9.47 Å². The largest absolute Gasteiger partial charge is 0.497 e. The van der Waals surface area contributed by atoms with E-state index < -0.39 is 10.0 Å². The summed E-state index contributed by atoms with van der Waals surface area (Å²) in [4.78, 5) is 15.3. The highest BCUT2D eigenvalue weighted by Gasteiger charge is 2.24. The number of carbonyl (C=O) groups excluding carboxylic acids is 1.